The van der Waals surface area contributed by atoms with Crippen LogP contribution in [-0.2, 0) is 11.6 Å². The van der Waals surface area contributed by atoms with Crippen LogP contribution in [0.1, 0.15) is 20.9 Å². The molecule has 3 aromatic rings. The minimum Gasteiger partial charge on any atom is -0.471 e. The molecule has 0 bridgehead atoms. The Hall–Kier alpha value is -2.84. The van der Waals surface area contributed by atoms with Crippen molar-refractivity contribution >= 4 is 34.7 Å². The Morgan fingerprint density at radius 3 is 2.96 bits per heavy atom. The van der Waals surface area contributed by atoms with Gasteiger partial charge in [0.1, 0.15) is 5.75 Å². The van der Waals surface area contributed by atoms with Crippen molar-refractivity contribution in [3.63, 3.8) is 0 Å². The van der Waals surface area contributed by atoms with Crippen molar-refractivity contribution in [1.29, 1.82) is 0 Å². The number of thiophene rings is 1. The molecular weight excluding hydrogens is 376 g/mol. The molecule has 3 rings (SSSR count). The number of hydrogen-bond acceptors (Lipinski definition) is 6. The van der Waals surface area contributed by atoms with Crippen molar-refractivity contribution in [3.8, 4) is 5.75 Å². The minimum atomic E-state index is -0.703. The molecule has 0 aliphatic heterocycles. The zero-order valence-corrected chi connectivity index (χ0v) is 15.3. The maximum Gasteiger partial charge on any atom is 0.385 e. The minimum absolute atomic E-state index is 0.101. The lowest BCUT2D eigenvalue weighted by Gasteiger charge is -2.07. The summed E-state index contributed by atoms with van der Waals surface area (Å²) < 4.78 is 7.08. The van der Waals surface area contributed by atoms with E-state index in [1.807, 2.05) is 24.4 Å². The molecule has 9 heteroatoms. The fourth-order valence-corrected chi connectivity index (χ4v) is 2.73. The monoisotopic (exact) mass is 390 g/mol. The first kappa shape index (κ1) is 18.0. The molecule has 0 radical (unpaired) electrons. The molecule has 2 N–H and O–H groups in total. The van der Waals surface area contributed by atoms with Gasteiger partial charge in [0.15, 0.2) is 18.3 Å². The highest BCUT2D eigenvalue weighted by atomic mass is 35.5. The standard InChI is InChI=1S/C17H15ClN4O3S/c1-11-9-12(4-5-13(11)18)24-10-22-7-6-14(20-22)17(23)25-21-16(19)15-3-2-8-26-15/h2-9H,10H2,1H3,(H2,19,21). The number of halogens is 1. The van der Waals surface area contributed by atoms with Gasteiger partial charge in [-0.3, -0.25) is 0 Å². The highest BCUT2D eigenvalue weighted by Crippen LogP contribution is 2.21. The molecule has 0 saturated heterocycles. The average molecular weight is 391 g/mol. The molecule has 1 aromatic carbocycles. The number of aryl methyl sites for hydroxylation is 1. The number of benzene rings is 1. The van der Waals surface area contributed by atoms with E-state index >= 15 is 0 Å². The van der Waals surface area contributed by atoms with Gasteiger partial charge in [-0.25, -0.2) is 9.48 Å². The molecule has 2 heterocycles. The van der Waals surface area contributed by atoms with E-state index in [-0.39, 0.29) is 18.3 Å². The lowest BCUT2D eigenvalue weighted by Crippen LogP contribution is -2.14. The van der Waals surface area contributed by atoms with E-state index in [9.17, 15) is 4.79 Å². The van der Waals surface area contributed by atoms with Gasteiger partial charge in [-0.15, -0.1) is 11.3 Å². The van der Waals surface area contributed by atoms with Gasteiger partial charge in [0.2, 0.25) is 0 Å². The van der Waals surface area contributed by atoms with Gasteiger partial charge in [0, 0.05) is 11.2 Å². The molecule has 7 nitrogen and oxygen atoms in total. The van der Waals surface area contributed by atoms with Gasteiger partial charge in [-0.2, -0.15) is 5.10 Å². The first-order valence-electron chi connectivity index (χ1n) is 7.54. The number of ether oxygens (including phenoxy) is 1. The normalized spacial score (nSPS) is 11.4. The fourth-order valence-electron chi connectivity index (χ4n) is 2.00. The van der Waals surface area contributed by atoms with E-state index in [0.29, 0.717) is 10.8 Å². The summed E-state index contributed by atoms with van der Waals surface area (Å²) in [5, 5.41) is 10.2. The third-order valence-electron chi connectivity index (χ3n) is 3.34. The molecule has 0 fully saturated rings. The number of carbonyl (C=O) groups excluding carboxylic acids is 1. The summed E-state index contributed by atoms with van der Waals surface area (Å²) in [6.45, 7) is 2.02. The Bertz CT molecular complexity index is 937. The van der Waals surface area contributed by atoms with Crippen LogP contribution in [0.5, 0.6) is 5.75 Å². The lowest BCUT2D eigenvalue weighted by molar-refractivity contribution is 0.0507. The maximum atomic E-state index is 12.0. The van der Waals surface area contributed by atoms with E-state index in [2.05, 4.69) is 10.3 Å². The molecule has 0 aliphatic carbocycles. The van der Waals surface area contributed by atoms with Crippen molar-refractivity contribution in [1.82, 2.24) is 9.78 Å². The van der Waals surface area contributed by atoms with Crippen LogP contribution < -0.4 is 10.5 Å². The van der Waals surface area contributed by atoms with Crippen LogP contribution >= 0.6 is 22.9 Å². The van der Waals surface area contributed by atoms with Crippen molar-refractivity contribution in [3.05, 3.63) is 69.1 Å². The van der Waals surface area contributed by atoms with Gasteiger partial charge in [0.25, 0.3) is 0 Å². The first-order chi connectivity index (χ1) is 12.5. The summed E-state index contributed by atoms with van der Waals surface area (Å²) in [6, 6.07) is 10.5. The SMILES string of the molecule is Cc1cc(OCn2ccc(C(=O)O/N=C(\N)c3cccs3)n2)ccc1Cl. The summed E-state index contributed by atoms with van der Waals surface area (Å²) in [7, 11) is 0. The summed E-state index contributed by atoms with van der Waals surface area (Å²) in [5.41, 5.74) is 6.75. The van der Waals surface area contributed by atoms with Gasteiger partial charge < -0.3 is 15.3 Å². The fraction of sp³-hybridized carbons (Fsp3) is 0.118. The van der Waals surface area contributed by atoms with Crippen LogP contribution in [0.25, 0.3) is 0 Å². The van der Waals surface area contributed by atoms with Crippen LogP contribution in [0.2, 0.25) is 5.02 Å². The topological polar surface area (TPSA) is 91.7 Å². The smallest absolute Gasteiger partial charge is 0.385 e. The van der Waals surface area contributed by atoms with Gasteiger partial charge >= 0.3 is 5.97 Å². The Labute approximate surface area is 158 Å². The zero-order valence-electron chi connectivity index (χ0n) is 13.8. The molecule has 0 aliphatic rings. The largest absolute Gasteiger partial charge is 0.471 e. The Morgan fingerprint density at radius 1 is 1.38 bits per heavy atom. The third-order valence-corrected chi connectivity index (χ3v) is 4.66. The van der Waals surface area contributed by atoms with Crippen LogP contribution in [0.3, 0.4) is 0 Å². The highest BCUT2D eigenvalue weighted by molar-refractivity contribution is 7.12. The zero-order chi connectivity index (χ0) is 18.5. The number of aromatic nitrogens is 2. The molecule has 0 amide bonds. The number of hydrogen-bond donors (Lipinski definition) is 1. The highest BCUT2D eigenvalue weighted by Gasteiger charge is 2.12. The molecule has 0 unspecified atom stereocenters. The predicted octanol–water partition coefficient (Wildman–Crippen LogP) is 3.42. The first-order valence-corrected chi connectivity index (χ1v) is 8.80. The van der Waals surface area contributed by atoms with Crippen LogP contribution in [0.15, 0.2) is 53.1 Å². The second-order valence-corrected chi connectivity index (χ2v) is 6.61. The average Bonchev–Trinajstić information content (AvgIpc) is 3.32. The molecular formula is C17H15ClN4O3S. The lowest BCUT2D eigenvalue weighted by atomic mass is 10.2. The molecule has 0 atom stereocenters. The summed E-state index contributed by atoms with van der Waals surface area (Å²) in [4.78, 5) is 17.5. The quantitative estimate of drug-likeness (QED) is 0.301. The van der Waals surface area contributed by atoms with Gasteiger partial charge in [-0.05, 0) is 48.2 Å². The van der Waals surface area contributed by atoms with Crippen molar-refractivity contribution in [2.45, 2.75) is 13.7 Å². The number of carbonyl (C=O) groups is 1. The molecule has 2 aromatic heterocycles. The number of amidine groups is 1. The second-order valence-electron chi connectivity index (χ2n) is 5.26. The van der Waals surface area contributed by atoms with E-state index in [1.165, 1.54) is 22.1 Å². The van der Waals surface area contributed by atoms with Crippen molar-refractivity contribution in [2.75, 3.05) is 0 Å². The molecule has 134 valence electrons. The van der Waals surface area contributed by atoms with Crippen LogP contribution in [0.4, 0.5) is 0 Å². The van der Waals surface area contributed by atoms with Crippen LogP contribution in [0, 0.1) is 6.92 Å². The van der Waals surface area contributed by atoms with E-state index < -0.39 is 5.97 Å². The number of nitrogens with two attached hydrogens (primary N) is 1. The van der Waals surface area contributed by atoms with Crippen molar-refractivity contribution in [2.24, 2.45) is 10.9 Å². The summed E-state index contributed by atoms with van der Waals surface area (Å²) >= 11 is 7.37. The predicted molar refractivity (Wildman–Crippen MR) is 99.5 cm³/mol. The number of oxime groups is 1. The van der Waals surface area contributed by atoms with Gasteiger partial charge in [-0.1, -0.05) is 22.8 Å². The Balaban J connectivity index is 1.57. The van der Waals surface area contributed by atoms with E-state index in [4.69, 9.17) is 26.9 Å². The Morgan fingerprint density at radius 2 is 2.23 bits per heavy atom. The van der Waals surface area contributed by atoms with Crippen LogP contribution in [-0.4, -0.2) is 21.6 Å². The number of rotatable bonds is 6. The van der Waals surface area contributed by atoms with Gasteiger partial charge in [0.05, 0.1) is 4.88 Å². The number of nitrogens with zero attached hydrogens (tertiary/aromatic N) is 3. The summed E-state index contributed by atoms with van der Waals surface area (Å²) in [6.07, 6.45) is 1.60. The molecule has 26 heavy (non-hydrogen) atoms. The second kappa shape index (κ2) is 8.03. The maximum absolute atomic E-state index is 12.0. The summed E-state index contributed by atoms with van der Waals surface area (Å²) in [5.74, 6) is 0.0830. The van der Waals surface area contributed by atoms with E-state index in [0.717, 1.165) is 10.4 Å². The van der Waals surface area contributed by atoms with E-state index in [1.54, 1.807) is 24.4 Å². The van der Waals surface area contributed by atoms with Crippen molar-refractivity contribution < 1.29 is 14.4 Å². The molecule has 0 saturated carbocycles. The third kappa shape index (κ3) is 4.41. The molecule has 0 spiro atoms. The Kier molecular flexibility index (Phi) is 5.55.